The van der Waals surface area contributed by atoms with Gasteiger partial charge in [0.2, 0.25) is 0 Å². The maximum absolute atomic E-state index is 13.1. The van der Waals surface area contributed by atoms with Crippen molar-refractivity contribution in [1.82, 2.24) is 19.5 Å². The van der Waals surface area contributed by atoms with Crippen LogP contribution in [0.5, 0.6) is 0 Å². The lowest BCUT2D eigenvalue weighted by Crippen LogP contribution is -2.44. The molecule has 2 aliphatic rings. The summed E-state index contributed by atoms with van der Waals surface area (Å²) in [7, 11) is 1.77. The molecule has 2 fully saturated rings. The number of aromatic nitrogens is 3. The van der Waals surface area contributed by atoms with E-state index in [1.807, 2.05) is 23.1 Å². The van der Waals surface area contributed by atoms with E-state index in [4.69, 9.17) is 4.74 Å². The average Bonchev–Trinajstić information content (AvgIpc) is 3.34. The van der Waals surface area contributed by atoms with E-state index in [0.717, 1.165) is 50.3 Å². The molecule has 3 heterocycles. The van der Waals surface area contributed by atoms with E-state index < -0.39 is 0 Å². The Balaban J connectivity index is 1.44. The lowest BCUT2D eigenvalue weighted by Gasteiger charge is -2.37. The van der Waals surface area contributed by atoms with Gasteiger partial charge in [0, 0.05) is 26.4 Å². The van der Waals surface area contributed by atoms with Crippen LogP contribution in [0.1, 0.15) is 41.6 Å². The van der Waals surface area contributed by atoms with Crippen molar-refractivity contribution in [2.75, 3.05) is 25.5 Å². The number of carbonyl (C=O) groups is 1. The fraction of sp³-hybridized carbons (Fsp3) is 0.600. The van der Waals surface area contributed by atoms with E-state index in [0.29, 0.717) is 16.7 Å². The summed E-state index contributed by atoms with van der Waals surface area (Å²) in [5.74, 6) is 1.92. The van der Waals surface area contributed by atoms with Crippen molar-refractivity contribution in [1.29, 1.82) is 0 Å². The van der Waals surface area contributed by atoms with E-state index in [1.54, 1.807) is 13.3 Å². The second-order valence-electron chi connectivity index (χ2n) is 7.74. The molecule has 0 aromatic carbocycles. The van der Waals surface area contributed by atoms with Crippen LogP contribution >= 0.6 is 11.5 Å². The highest BCUT2D eigenvalue weighted by Gasteiger charge is 2.44. The van der Waals surface area contributed by atoms with Crippen LogP contribution in [-0.2, 0) is 11.2 Å². The minimum absolute atomic E-state index is 0.0936. The molecule has 0 spiro atoms. The predicted molar refractivity (Wildman–Crippen MR) is 108 cm³/mol. The van der Waals surface area contributed by atoms with Gasteiger partial charge in [0.1, 0.15) is 10.7 Å². The number of methoxy groups -OCH3 is 1. The van der Waals surface area contributed by atoms with Crippen LogP contribution < -0.4 is 5.32 Å². The first kappa shape index (κ1) is 19.3. The lowest BCUT2D eigenvalue weighted by atomic mass is 9.77. The van der Waals surface area contributed by atoms with Crippen LogP contribution in [0.2, 0.25) is 0 Å². The summed E-state index contributed by atoms with van der Waals surface area (Å²) in [6.45, 7) is 3.69. The largest absolute Gasteiger partial charge is 0.379 e. The summed E-state index contributed by atoms with van der Waals surface area (Å²) in [5.41, 5.74) is 0.844. The van der Waals surface area contributed by atoms with E-state index in [-0.39, 0.29) is 18.1 Å². The molecule has 0 radical (unpaired) electrons. The Labute approximate surface area is 169 Å². The second-order valence-corrected chi connectivity index (χ2v) is 8.49. The number of carbonyl (C=O) groups excluding carboxylic acids is 1. The van der Waals surface area contributed by atoms with Crippen molar-refractivity contribution in [3.63, 3.8) is 0 Å². The molecule has 4 rings (SSSR count). The summed E-state index contributed by atoms with van der Waals surface area (Å²) < 4.78 is 9.81. The third-order valence-corrected chi connectivity index (χ3v) is 6.70. The number of rotatable bonds is 6. The van der Waals surface area contributed by atoms with Crippen molar-refractivity contribution in [3.8, 4) is 0 Å². The number of fused-ring (bicyclic) bond motifs is 1. The number of amides is 1. The van der Waals surface area contributed by atoms with Crippen LogP contribution in [0, 0.1) is 11.8 Å². The van der Waals surface area contributed by atoms with Crippen molar-refractivity contribution >= 4 is 23.3 Å². The van der Waals surface area contributed by atoms with Gasteiger partial charge in [0.15, 0.2) is 0 Å². The standard InChI is InChI=1S/C20H27N5O2S/c1-3-6-15-19(28-24-23-15)20(26)25-11-13-9-16(17(27-2)10-14(13)12-25)22-18-7-4-5-8-21-18/h4-5,7-8,13-14,16-17H,3,6,9-12H2,1-2H3,(H,21,22)/t13-,14+,16-,17-/m1/s1. The van der Waals surface area contributed by atoms with Gasteiger partial charge in [-0.1, -0.05) is 23.9 Å². The first-order valence-corrected chi connectivity index (χ1v) is 10.8. The third-order valence-electron chi connectivity index (χ3n) is 5.94. The van der Waals surface area contributed by atoms with E-state index in [1.165, 1.54) is 11.5 Å². The average molecular weight is 402 g/mol. The van der Waals surface area contributed by atoms with Gasteiger partial charge in [-0.05, 0) is 54.8 Å². The first-order valence-electron chi connectivity index (χ1n) is 10.0. The minimum Gasteiger partial charge on any atom is -0.379 e. The molecule has 2 aromatic rings. The molecule has 1 N–H and O–H groups in total. The van der Waals surface area contributed by atoms with E-state index in [9.17, 15) is 4.79 Å². The number of hydrogen-bond donors (Lipinski definition) is 1. The minimum atomic E-state index is 0.0936. The molecule has 28 heavy (non-hydrogen) atoms. The first-order chi connectivity index (χ1) is 13.7. The zero-order chi connectivity index (χ0) is 19.5. The van der Waals surface area contributed by atoms with Gasteiger partial charge in [-0.2, -0.15) is 0 Å². The maximum atomic E-state index is 13.1. The number of pyridine rings is 1. The summed E-state index contributed by atoms with van der Waals surface area (Å²) in [6, 6.07) is 6.08. The molecule has 7 nitrogen and oxygen atoms in total. The van der Waals surface area contributed by atoms with Crippen molar-refractivity contribution < 1.29 is 9.53 Å². The highest BCUT2D eigenvalue weighted by molar-refractivity contribution is 7.08. The maximum Gasteiger partial charge on any atom is 0.267 e. The molecule has 1 saturated carbocycles. The lowest BCUT2D eigenvalue weighted by molar-refractivity contribution is 0.0304. The van der Waals surface area contributed by atoms with Crippen LogP contribution in [-0.4, -0.2) is 57.7 Å². The predicted octanol–water partition coefficient (Wildman–Crippen LogP) is 2.86. The molecule has 1 aliphatic carbocycles. The summed E-state index contributed by atoms with van der Waals surface area (Å²) in [4.78, 5) is 20.2. The Hall–Kier alpha value is -2.06. The molecule has 1 aliphatic heterocycles. The second kappa shape index (κ2) is 8.53. The quantitative estimate of drug-likeness (QED) is 0.802. The molecule has 0 bridgehead atoms. The normalized spacial score (nSPS) is 26.9. The number of likely N-dealkylation sites (tertiary alicyclic amines) is 1. The Bertz CT molecular complexity index is 799. The summed E-state index contributed by atoms with van der Waals surface area (Å²) in [5, 5.41) is 7.69. The van der Waals surface area contributed by atoms with Gasteiger partial charge < -0.3 is 15.0 Å². The number of hydrogen-bond acceptors (Lipinski definition) is 7. The molecule has 8 heteroatoms. The zero-order valence-corrected chi connectivity index (χ0v) is 17.2. The zero-order valence-electron chi connectivity index (χ0n) is 16.4. The van der Waals surface area contributed by atoms with Crippen LogP contribution in [0.4, 0.5) is 5.82 Å². The number of nitrogens with one attached hydrogen (secondary N) is 1. The van der Waals surface area contributed by atoms with Gasteiger partial charge in [0.25, 0.3) is 5.91 Å². The molecular weight excluding hydrogens is 374 g/mol. The summed E-state index contributed by atoms with van der Waals surface area (Å²) in [6.07, 6.45) is 5.62. The summed E-state index contributed by atoms with van der Waals surface area (Å²) >= 11 is 1.23. The van der Waals surface area contributed by atoms with E-state index >= 15 is 0 Å². The molecule has 2 aromatic heterocycles. The molecule has 4 atom stereocenters. The number of nitrogens with zero attached hydrogens (tertiary/aromatic N) is 4. The van der Waals surface area contributed by atoms with Crippen molar-refractivity contribution in [2.45, 2.75) is 44.8 Å². The van der Waals surface area contributed by atoms with Crippen LogP contribution in [0.15, 0.2) is 24.4 Å². The van der Waals surface area contributed by atoms with Gasteiger partial charge in [-0.25, -0.2) is 4.98 Å². The Morgan fingerprint density at radius 2 is 2.14 bits per heavy atom. The monoisotopic (exact) mass is 401 g/mol. The van der Waals surface area contributed by atoms with Crippen LogP contribution in [0.25, 0.3) is 0 Å². The fourth-order valence-corrected chi connectivity index (χ4v) is 5.22. The van der Waals surface area contributed by atoms with Gasteiger partial charge >= 0.3 is 0 Å². The smallest absolute Gasteiger partial charge is 0.267 e. The van der Waals surface area contributed by atoms with Gasteiger partial charge in [0.05, 0.1) is 17.8 Å². The number of ether oxygens (including phenoxy) is 1. The molecule has 1 amide bonds. The topological polar surface area (TPSA) is 80.2 Å². The highest BCUT2D eigenvalue weighted by atomic mass is 32.1. The molecule has 150 valence electrons. The Kier molecular flexibility index (Phi) is 5.87. The highest BCUT2D eigenvalue weighted by Crippen LogP contribution is 2.39. The third kappa shape index (κ3) is 3.89. The number of anilines is 1. The molecule has 0 unspecified atom stereocenters. The van der Waals surface area contributed by atoms with Gasteiger partial charge in [-0.15, -0.1) is 5.10 Å². The molecular formula is C20H27N5O2S. The Morgan fingerprint density at radius 3 is 2.86 bits per heavy atom. The van der Waals surface area contributed by atoms with Crippen molar-refractivity contribution in [3.05, 3.63) is 35.0 Å². The number of aryl methyl sites for hydroxylation is 1. The van der Waals surface area contributed by atoms with E-state index in [2.05, 4.69) is 26.8 Å². The van der Waals surface area contributed by atoms with Crippen molar-refractivity contribution in [2.24, 2.45) is 11.8 Å². The SMILES string of the molecule is CCCc1nnsc1C(=O)N1C[C@H]2C[C@@H](Nc3ccccn3)[C@H](OC)C[C@H]2C1. The Morgan fingerprint density at radius 1 is 1.32 bits per heavy atom. The van der Waals surface area contributed by atoms with Gasteiger partial charge in [-0.3, -0.25) is 4.79 Å². The fourth-order valence-electron chi connectivity index (χ4n) is 4.54. The molecule has 1 saturated heterocycles. The van der Waals surface area contributed by atoms with Crippen LogP contribution in [0.3, 0.4) is 0 Å².